The number of amides is 1. The molecule has 0 unspecified atom stereocenters. The highest BCUT2D eigenvalue weighted by Crippen LogP contribution is 2.38. The molecule has 0 fully saturated rings. The van der Waals surface area contributed by atoms with E-state index in [1.165, 1.54) is 6.08 Å². The Morgan fingerprint density at radius 3 is 1.56 bits per heavy atom. The molecule has 0 spiro atoms. The van der Waals surface area contributed by atoms with E-state index in [1.54, 1.807) is 53.8 Å². The molecule has 0 saturated heterocycles. The molecule has 3 aromatic carbocycles. The molecule has 0 saturated carbocycles. The maximum absolute atomic E-state index is 12.9. The fraction of sp³-hybridized carbons (Fsp3) is 0.222. The lowest BCUT2D eigenvalue weighted by Gasteiger charge is -2.20. The third kappa shape index (κ3) is 5.81. The van der Waals surface area contributed by atoms with Crippen LogP contribution in [0.4, 0.5) is 0 Å². The Bertz CT molecular complexity index is 1050. The summed E-state index contributed by atoms with van der Waals surface area (Å²) >= 11 is 0. The van der Waals surface area contributed by atoms with Gasteiger partial charge >= 0.3 is 0 Å². The predicted molar refractivity (Wildman–Crippen MR) is 131 cm³/mol. The zero-order valence-electron chi connectivity index (χ0n) is 20.0. The molecule has 0 atom stereocenters. The van der Waals surface area contributed by atoms with Crippen LogP contribution >= 0.6 is 0 Å². The summed E-state index contributed by atoms with van der Waals surface area (Å²) in [5, 5.41) is 3.08. The molecule has 3 aromatic rings. The van der Waals surface area contributed by atoms with Gasteiger partial charge in [-0.25, -0.2) is 0 Å². The Kier molecular flexibility index (Phi) is 8.40. The maximum Gasteiger partial charge on any atom is 0.244 e. The van der Waals surface area contributed by atoms with E-state index in [9.17, 15) is 4.79 Å². The van der Waals surface area contributed by atoms with Crippen LogP contribution < -0.4 is 29.0 Å². The Balaban J connectivity index is 1.87. The van der Waals surface area contributed by atoms with E-state index in [0.29, 0.717) is 17.2 Å². The van der Waals surface area contributed by atoms with Crippen molar-refractivity contribution in [3.05, 3.63) is 83.4 Å². The van der Waals surface area contributed by atoms with Crippen molar-refractivity contribution in [1.82, 2.24) is 5.32 Å². The number of hydrogen-bond donors (Lipinski definition) is 1. The van der Waals surface area contributed by atoms with Gasteiger partial charge in [-0.1, -0.05) is 24.3 Å². The van der Waals surface area contributed by atoms with Gasteiger partial charge in [-0.3, -0.25) is 4.79 Å². The predicted octanol–water partition coefficient (Wildman–Crippen LogP) is 4.65. The molecule has 0 aliphatic heterocycles. The molecule has 34 heavy (non-hydrogen) atoms. The summed E-state index contributed by atoms with van der Waals surface area (Å²) in [6, 6.07) is 18.3. The zero-order valence-corrected chi connectivity index (χ0v) is 20.0. The van der Waals surface area contributed by atoms with Crippen LogP contribution in [-0.4, -0.2) is 41.5 Å². The number of ether oxygens (including phenoxy) is 5. The number of hydrogen-bond acceptors (Lipinski definition) is 6. The number of methoxy groups -OCH3 is 5. The molecule has 0 heterocycles. The number of nitrogens with one attached hydrogen (secondary N) is 1. The average Bonchev–Trinajstić information content (AvgIpc) is 2.90. The zero-order chi connectivity index (χ0) is 24.5. The lowest BCUT2D eigenvalue weighted by Crippen LogP contribution is -2.27. The Morgan fingerprint density at radius 1 is 0.706 bits per heavy atom. The molecule has 1 amide bonds. The smallest absolute Gasteiger partial charge is 0.244 e. The van der Waals surface area contributed by atoms with Gasteiger partial charge < -0.3 is 29.0 Å². The molecule has 178 valence electrons. The summed E-state index contributed by atoms with van der Waals surface area (Å²) in [4.78, 5) is 12.9. The van der Waals surface area contributed by atoms with E-state index in [0.717, 1.165) is 28.2 Å². The minimum absolute atomic E-state index is 0.259. The molecule has 7 nitrogen and oxygen atoms in total. The minimum atomic E-state index is -0.367. The average molecular weight is 464 g/mol. The van der Waals surface area contributed by atoms with Crippen molar-refractivity contribution >= 4 is 12.0 Å². The van der Waals surface area contributed by atoms with E-state index in [4.69, 9.17) is 23.7 Å². The van der Waals surface area contributed by atoms with Crippen LogP contribution in [0.1, 0.15) is 22.7 Å². The standard InChI is InChI=1S/C27H29NO6/c1-30-21-11-7-19(8-12-21)26(20-9-13-22(31-2)14-10-20)28-25(29)15-6-18-16-23(32-3)27(34-5)24(17-18)33-4/h6-17,26H,1-5H3,(H,28,29)/b15-6+. The lowest BCUT2D eigenvalue weighted by atomic mass is 9.98. The molecule has 1 N–H and O–H groups in total. The molecule has 0 aliphatic carbocycles. The summed E-state index contributed by atoms with van der Waals surface area (Å²) in [5.41, 5.74) is 2.57. The van der Waals surface area contributed by atoms with E-state index >= 15 is 0 Å². The van der Waals surface area contributed by atoms with Gasteiger partial charge in [-0.2, -0.15) is 0 Å². The first-order valence-corrected chi connectivity index (χ1v) is 10.6. The molecular formula is C27H29NO6. The van der Waals surface area contributed by atoms with Crippen molar-refractivity contribution < 1.29 is 28.5 Å². The summed E-state index contributed by atoms with van der Waals surface area (Å²) in [5.74, 6) is 2.74. The van der Waals surface area contributed by atoms with Gasteiger partial charge in [0, 0.05) is 6.08 Å². The fourth-order valence-corrected chi connectivity index (χ4v) is 3.51. The Hall–Kier alpha value is -4.13. The first-order chi connectivity index (χ1) is 16.5. The number of carbonyl (C=O) groups is 1. The number of carbonyl (C=O) groups excluding carboxylic acids is 1. The second kappa shape index (κ2) is 11.7. The highest BCUT2D eigenvalue weighted by molar-refractivity contribution is 5.92. The molecule has 7 heteroatoms. The SMILES string of the molecule is COc1ccc(C(NC(=O)/C=C/c2cc(OC)c(OC)c(OC)c2)c2ccc(OC)cc2)cc1. The summed E-state index contributed by atoms with van der Waals surface area (Å²) < 4.78 is 26.6. The number of benzene rings is 3. The van der Waals surface area contributed by atoms with Crippen LogP contribution in [0.5, 0.6) is 28.7 Å². The lowest BCUT2D eigenvalue weighted by molar-refractivity contribution is -0.116. The highest BCUT2D eigenvalue weighted by atomic mass is 16.5. The van der Waals surface area contributed by atoms with E-state index in [-0.39, 0.29) is 11.9 Å². The van der Waals surface area contributed by atoms with Gasteiger partial charge in [0.25, 0.3) is 0 Å². The second-order valence-corrected chi connectivity index (χ2v) is 7.28. The highest BCUT2D eigenvalue weighted by Gasteiger charge is 2.17. The van der Waals surface area contributed by atoms with E-state index in [1.807, 2.05) is 48.5 Å². The van der Waals surface area contributed by atoms with Crippen LogP contribution in [0.2, 0.25) is 0 Å². The van der Waals surface area contributed by atoms with Crippen molar-refractivity contribution in [2.75, 3.05) is 35.5 Å². The first kappa shape index (κ1) is 24.5. The molecule has 3 rings (SSSR count). The topological polar surface area (TPSA) is 75.3 Å². The van der Waals surface area contributed by atoms with Crippen molar-refractivity contribution in [2.24, 2.45) is 0 Å². The van der Waals surface area contributed by atoms with Crippen LogP contribution in [0.3, 0.4) is 0 Å². The monoisotopic (exact) mass is 463 g/mol. The Labute approximate surface area is 199 Å². The minimum Gasteiger partial charge on any atom is -0.497 e. The third-order valence-electron chi connectivity index (χ3n) is 5.30. The largest absolute Gasteiger partial charge is 0.497 e. The number of rotatable bonds is 10. The Morgan fingerprint density at radius 2 is 1.18 bits per heavy atom. The normalized spacial score (nSPS) is 10.8. The van der Waals surface area contributed by atoms with Crippen molar-refractivity contribution in [3.8, 4) is 28.7 Å². The van der Waals surface area contributed by atoms with Gasteiger partial charge in [0.2, 0.25) is 11.7 Å². The van der Waals surface area contributed by atoms with Crippen LogP contribution in [-0.2, 0) is 4.79 Å². The first-order valence-electron chi connectivity index (χ1n) is 10.6. The van der Waals surface area contributed by atoms with Crippen LogP contribution in [0.15, 0.2) is 66.7 Å². The van der Waals surface area contributed by atoms with E-state index < -0.39 is 0 Å². The summed E-state index contributed by atoms with van der Waals surface area (Å²) in [6.45, 7) is 0. The molecule has 0 radical (unpaired) electrons. The quantitative estimate of drug-likeness (QED) is 0.441. The van der Waals surface area contributed by atoms with Gasteiger partial charge in [0.15, 0.2) is 11.5 Å². The second-order valence-electron chi connectivity index (χ2n) is 7.28. The fourth-order valence-electron chi connectivity index (χ4n) is 3.51. The van der Waals surface area contributed by atoms with Gasteiger partial charge in [-0.05, 0) is 59.2 Å². The van der Waals surface area contributed by atoms with Gasteiger partial charge in [0.05, 0.1) is 41.6 Å². The maximum atomic E-state index is 12.9. The third-order valence-corrected chi connectivity index (χ3v) is 5.30. The van der Waals surface area contributed by atoms with Crippen molar-refractivity contribution in [2.45, 2.75) is 6.04 Å². The summed E-state index contributed by atoms with van der Waals surface area (Å²) in [6.07, 6.45) is 3.17. The molecule has 0 bridgehead atoms. The molecular weight excluding hydrogens is 434 g/mol. The van der Waals surface area contributed by atoms with Gasteiger partial charge in [0.1, 0.15) is 11.5 Å². The van der Waals surface area contributed by atoms with Crippen molar-refractivity contribution in [1.29, 1.82) is 0 Å². The van der Waals surface area contributed by atoms with Crippen molar-refractivity contribution in [3.63, 3.8) is 0 Å². The van der Waals surface area contributed by atoms with Crippen LogP contribution in [0, 0.1) is 0 Å². The summed E-state index contributed by atoms with van der Waals surface area (Å²) in [7, 11) is 7.87. The van der Waals surface area contributed by atoms with E-state index in [2.05, 4.69) is 5.32 Å². The van der Waals surface area contributed by atoms with Gasteiger partial charge in [-0.15, -0.1) is 0 Å². The molecule has 0 aromatic heterocycles. The molecule has 0 aliphatic rings. The van der Waals surface area contributed by atoms with Crippen LogP contribution in [0.25, 0.3) is 6.08 Å².